The number of amides is 6. The fourth-order valence-corrected chi connectivity index (χ4v) is 5.07. The van der Waals surface area contributed by atoms with Crippen LogP contribution in [0.1, 0.15) is 50.5 Å². The van der Waals surface area contributed by atoms with Crippen LogP contribution in [0.4, 0.5) is 15.3 Å². The van der Waals surface area contributed by atoms with Gasteiger partial charge in [0.05, 0.1) is 0 Å². The second kappa shape index (κ2) is 9.80. The maximum absolute atomic E-state index is 12.8. The smallest absolute Gasteiger partial charge is 0.325 e. The lowest BCUT2D eigenvalue weighted by molar-refractivity contribution is -0.134. The van der Waals surface area contributed by atoms with Crippen LogP contribution in [0.5, 0.6) is 0 Å². The summed E-state index contributed by atoms with van der Waals surface area (Å²) in [5, 5.41) is 8.57. The molecular weight excluding hydrogens is 422 g/mol. The van der Waals surface area contributed by atoms with Crippen molar-refractivity contribution < 1.29 is 19.2 Å². The van der Waals surface area contributed by atoms with Crippen molar-refractivity contribution in [1.29, 1.82) is 0 Å². The molecule has 0 radical (unpaired) electrons. The first-order valence-electron chi connectivity index (χ1n) is 11.9. The molecule has 1 saturated carbocycles. The Balaban J connectivity index is 1.21. The lowest BCUT2D eigenvalue weighted by Gasteiger charge is -2.33. The van der Waals surface area contributed by atoms with E-state index >= 15 is 0 Å². The van der Waals surface area contributed by atoms with Crippen LogP contribution in [-0.4, -0.2) is 65.4 Å². The quantitative estimate of drug-likeness (QED) is 0.573. The minimum Gasteiger partial charge on any atom is -0.342 e. The van der Waals surface area contributed by atoms with Crippen molar-refractivity contribution in [2.75, 3.05) is 31.5 Å². The van der Waals surface area contributed by atoms with Crippen molar-refractivity contribution in [1.82, 2.24) is 20.4 Å². The predicted molar refractivity (Wildman–Crippen MR) is 124 cm³/mol. The van der Waals surface area contributed by atoms with Crippen molar-refractivity contribution in [3.63, 3.8) is 0 Å². The molecule has 33 heavy (non-hydrogen) atoms. The van der Waals surface area contributed by atoms with Crippen LogP contribution in [-0.2, 0) is 9.59 Å². The molecule has 1 aliphatic carbocycles. The van der Waals surface area contributed by atoms with E-state index in [0.717, 1.165) is 36.9 Å². The third-order valence-electron chi connectivity index (χ3n) is 6.98. The molecule has 9 nitrogen and oxygen atoms in total. The Labute approximate surface area is 194 Å². The van der Waals surface area contributed by atoms with Crippen molar-refractivity contribution >= 4 is 29.6 Å². The maximum atomic E-state index is 12.8. The van der Waals surface area contributed by atoms with E-state index < -0.39 is 5.54 Å². The number of likely N-dealkylation sites (tertiary alicyclic amines) is 1. The average molecular weight is 456 g/mol. The third kappa shape index (κ3) is 5.29. The number of piperidine rings is 1. The summed E-state index contributed by atoms with van der Waals surface area (Å²) in [6.07, 6.45) is 5.16. The Morgan fingerprint density at radius 3 is 2.58 bits per heavy atom. The largest absolute Gasteiger partial charge is 0.342 e. The summed E-state index contributed by atoms with van der Waals surface area (Å²) in [7, 11) is 0. The number of aryl methyl sites for hydroxylation is 1. The molecule has 1 aromatic carbocycles. The molecule has 6 amide bonds. The van der Waals surface area contributed by atoms with Crippen molar-refractivity contribution in [3.05, 3.63) is 29.8 Å². The average Bonchev–Trinajstić information content (AvgIpc) is 3.37. The molecule has 3 fully saturated rings. The summed E-state index contributed by atoms with van der Waals surface area (Å²) in [6, 6.07) is 6.95. The van der Waals surface area contributed by atoms with Gasteiger partial charge in [-0.25, -0.2) is 9.59 Å². The summed E-state index contributed by atoms with van der Waals surface area (Å²) in [5.41, 5.74) is 1.13. The minimum absolute atomic E-state index is 0.0585. The van der Waals surface area contributed by atoms with Crippen LogP contribution in [0.3, 0.4) is 0 Å². The highest BCUT2D eigenvalue weighted by atomic mass is 16.2. The molecule has 0 aromatic heterocycles. The lowest BCUT2D eigenvalue weighted by atomic mass is 9.97. The molecule has 2 heterocycles. The molecule has 4 rings (SSSR count). The fraction of sp³-hybridized carbons (Fsp3) is 0.583. The summed E-state index contributed by atoms with van der Waals surface area (Å²) >= 11 is 0. The monoisotopic (exact) mass is 455 g/mol. The van der Waals surface area contributed by atoms with Gasteiger partial charge in [0, 0.05) is 38.3 Å². The summed E-state index contributed by atoms with van der Waals surface area (Å²) in [4.78, 5) is 53.0. The number of carbonyl (C=O) groups excluding carboxylic acids is 4. The fourth-order valence-electron chi connectivity index (χ4n) is 5.07. The molecule has 0 bridgehead atoms. The Bertz CT molecular complexity index is 910. The number of benzene rings is 1. The van der Waals surface area contributed by atoms with E-state index in [2.05, 4.69) is 16.0 Å². The summed E-state index contributed by atoms with van der Waals surface area (Å²) < 4.78 is 0. The first kappa shape index (κ1) is 23.1. The maximum Gasteiger partial charge on any atom is 0.325 e. The van der Waals surface area contributed by atoms with Gasteiger partial charge in [-0.2, -0.15) is 0 Å². The number of nitrogens with one attached hydrogen (secondary N) is 3. The van der Waals surface area contributed by atoms with E-state index in [-0.39, 0.29) is 42.8 Å². The van der Waals surface area contributed by atoms with Crippen molar-refractivity contribution in [2.45, 2.75) is 57.4 Å². The molecule has 1 unspecified atom stereocenters. The van der Waals surface area contributed by atoms with Gasteiger partial charge in [-0.15, -0.1) is 0 Å². The van der Waals surface area contributed by atoms with E-state index in [4.69, 9.17) is 0 Å². The number of hydrogen-bond acceptors (Lipinski definition) is 4. The van der Waals surface area contributed by atoms with Crippen molar-refractivity contribution in [2.24, 2.45) is 5.92 Å². The highest BCUT2D eigenvalue weighted by Crippen LogP contribution is 2.35. The molecule has 3 N–H and O–H groups in total. The Hall–Kier alpha value is -3.10. The van der Waals surface area contributed by atoms with Gasteiger partial charge >= 0.3 is 12.1 Å². The molecule has 2 saturated heterocycles. The van der Waals surface area contributed by atoms with Crippen LogP contribution < -0.4 is 16.0 Å². The zero-order valence-corrected chi connectivity index (χ0v) is 19.2. The van der Waals surface area contributed by atoms with Crippen LogP contribution in [0.15, 0.2) is 24.3 Å². The van der Waals surface area contributed by atoms with E-state index in [1.165, 1.54) is 4.90 Å². The SMILES string of the molecule is Cc1ccc(NC(=O)NCC2CCCN(C(=O)CCN3C(=O)NC4(CCCC4)C3=O)C2)cc1. The number of imide groups is 1. The lowest BCUT2D eigenvalue weighted by Crippen LogP contribution is -2.46. The first-order valence-corrected chi connectivity index (χ1v) is 11.9. The van der Waals surface area contributed by atoms with Gasteiger partial charge in [0.1, 0.15) is 5.54 Å². The molecule has 3 aliphatic rings. The second-order valence-corrected chi connectivity index (χ2v) is 9.48. The van der Waals surface area contributed by atoms with Gasteiger partial charge in [-0.1, -0.05) is 30.5 Å². The number of rotatable bonds is 6. The van der Waals surface area contributed by atoms with Gasteiger partial charge in [0.25, 0.3) is 5.91 Å². The normalized spacial score (nSPS) is 21.9. The molecule has 178 valence electrons. The van der Waals surface area contributed by atoms with E-state index in [9.17, 15) is 19.2 Å². The number of anilines is 1. The number of carbonyl (C=O) groups is 4. The molecule has 9 heteroatoms. The molecule has 1 aromatic rings. The Kier molecular flexibility index (Phi) is 6.85. The standard InChI is InChI=1S/C24H33N5O4/c1-17-6-8-19(9-7-17)26-22(32)25-15-18-5-4-13-28(16-18)20(30)10-14-29-21(31)24(27-23(29)33)11-2-3-12-24/h6-9,18H,2-5,10-16H2,1H3,(H,27,33)(H2,25,26,32). The number of urea groups is 2. The second-order valence-electron chi connectivity index (χ2n) is 9.48. The van der Waals surface area contributed by atoms with Gasteiger partial charge in [0.15, 0.2) is 0 Å². The van der Waals surface area contributed by atoms with Crippen LogP contribution in [0.25, 0.3) is 0 Å². The van der Waals surface area contributed by atoms with Crippen LogP contribution >= 0.6 is 0 Å². The van der Waals surface area contributed by atoms with E-state index in [1.54, 1.807) is 4.90 Å². The molecule has 1 atom stereocenters. The highest BCUT2D eigenvalue weighted by molar-refractivity contribution is 6.07. The Morgan fingerprint density at radius 2 is 1.85 bits per heavy atom. The van der Waals surface area contributed by atoms with Crippen molar-refractivity contribution in [3.8, 4) is 0 Å². The molecule has 2 aliphatic heterocycles. The van der Waals surface area contributed by atoms with Gasteiger partial charge in [0.2, 0.25) is 5.91 Å². The van der Waals surface area contributed by atoms with E-state index in [1.807, 2.05) is 31.2 Å². The topological polar surface area (TPSA) is 111 Å². The van der Waals surface area contributed by atoms with Crippen LogP contribution in [0.2, 0.25) is 0 Å². The first-order chi connectivity index (χ1) is 15.9. The third-order valence-corrected chi connectivity index (χ3v) is 6.98. The summed E-state index contributed by atoms with van der Waals surface area (Å²) in [6.45, 7) is 3.81. The van der Waals surface area contributed by atoms with Gasteiger partial charge in [-0.3, -0.25) is 14.5 Å². The summed E-state index contributed by atoms with van der Waals surface area (Å²) in [5.74, 6) is -0.0696. The minimum atomic E-state index is -0.735. The predicted octanol–water partition coefficient (Wildman–Crippen LogP) is 2.61. The Morgan fingerprint density at radius 1 is 1.12 bits per heavy atom. The zero-order valence-electron chi connectivity index (χ0n) is 19.2. The van der Waals surface area contributed by atoms with Gasteiger partial charge in [-0.05, 0) is 50.7 Å². The van der Waals surface area contributed by atoms with Crippen LogP contribution in [0, 0.1) is 12.8 Å². The molecule has 1 spiro atoms. The number of hydrogen-bond donors (Lipinski definition) is 3. The molecular formula is C24H33N5O4. The van der Waals surface area contributed by atoms with E-state index in [0.29, 0.717) is 32.5 Å². The van der Waals surface area contributed by atoms with Gasteiger partial charge < -0.3 is 20.9 Å². The number of nitrogens with zero attached hydrogens (tertiary/aromatic N) is 2. The zero-order chi connectivity index (χ0) is 23.4. The highest BCUT2D eigenvalue weighted by Gasteiger charge is 2.52.